The predicted molar refractivity (Wildman–Crippen MR) is 417 cm³/mol. The summed E-state index contributed by atoms with van der Waals surface area (Å²) >= 11 is 0. The minimum absolute atomic E-state index is 0.0284. The molecule has 5 atom stereocenters. The van der Waals surface area contributed by atoms with Gasteiger partial charge in [-0.1, -0.05) is 262 Å². The molecule has 0 aliphatic rings. The van der Waals surface area contributed by atoms with Gasteiger partial charge in [0.2, 0.25) is 0 Å². The summed E-state index contributed by atoms with van der Waals surface area (Å²) in [6, 6.07) is 0. The van der Waals surface area contributed by atoms with Gasteiger partial charge in [-0.05, 0) is 154 Å². The first-order chi connectivity index (χ1) is 49.7. The lowest BCUT2D eigenvalue weighted by Crippen LogP contribution is -2.30. The van der Waals surface area contributed by atoms with Crippen LogP contribution in [0.15, 0.2) is 170 Å². The van der Waals surface area contributed by atoms with Crippen LogP contribution in [-0.2, 0) is 65.4 Å². The van der Waals surface area contributed by atoms with Gasteiger partial charge in [0.1, 0.15) is 19.3 Å². The molecule has 578 valence electrons. The molecule has 0 fully saturated rings. The Balaban J connectivity index is 5.50. The third-order valence-electron chi connectivity index (χ3n) is 15.2. The van der Waals surface area contributed by atoms with Gasteiger partial charge in [0, 0.05) is 19.3 Å². The third-order valence-corrected chi connectivity index (χ3v) is 17.1. The fourth-order valence-electron chi connectivity index (χ4n) is 9.44. The first-order valence-corrected chi connectivity index (χ1v) is 41.4. The fraction of sp³-hybridized carbons (Fsp3) is 0.614. The summed E-state index contributed by atoms with van der Waals surface area (Å²) < 4.78 is 68.3. The van der Waals surface area contributed by atoms with E-state index >= 15 is 0 Å². The Morgan fingerprint density at radius 3 is 0.902 bits per heavy atom. The van der Waals surface area contributed by atoms with Crippen LogP contribution in [0.5, 0.6) is 0 Å². The molecule has 0 radical (unpaired) electrons. The van der Waals surface area contributed by atoms with Crippen molar-refractivity contribution in [1.29, 1.82) is 0 Å². The Morgan fingerprint density at radius 2 is 0.549 bits per heavy atom. The van der Waals surface area contributed by atoms with Crippen molar-refractivity contribution in [2.45, 2.75) is 290 Å². The van der Waals surface area contributed by atoms with Crippen molar-refractivity contribution in [2.24, 2.45) is 0 Å². The highest BCUT2D eigenvalue weighted by atomic mass is 31.2. The zero-order chi connectivity index (χ0) is 74.6. The van der Waals surface area contributed by atoms with Crippen molar-refractivity contribution in [3.63, 3.8) is 0 Å². The second-order valence-electron chi connectivity index (χ2n) is 24.8. The van der Waals surface area contributed by atoms with Crippen LogP contribution < -0.4 is 0 Å². The van der Waals surface area contributed by atoms with E-state index in [1.54, 1.807) is 6.08 Å². The van der Waals surface area contributed by atoms with Crippen molar-refractivity contribution < 1.29 is 80.2 Å². The topological polar surface area (TPSA) is 237 Å². The molecule has 0 aliphatic heterocycles. The SMILES string of the molecule is CC/C=C\C/C=C\C/C=C\C/C=C\C/C=C\CC(=O)OCC(COP(=O)(O)OCC(O)COP(=O)(O)OCC(COC(=O)CCCCCC/C=C\C/C=C\C/C=C\C/C=C\CC)OC(=O)CCCC/C=C\C/C=C\C/C=C\C/C=C\CC)OC(=O)CCCCCCC/C=C\CCCCCCCC. The smallest absolute Gasteiger partial charge is 0.462 e. The van der Waals surface area contributed by atoms with Crippen LogP contribution in [0.2, 0.25) is 0 Å². The zero-order valence-electron chi connectivity index (χ0n) is 63.0. The molecule has 0 aliphatic carbocycles. The van der Waals surface area contributed by atoms with E-state index in [9.17, 15) is 43.2 Å². The van der Waals surface area contributed by atoms with Crippen molar-refractivity contribution in [3.8, 4) is 0 Å². The maximum absolute atomic E-state index is 13.1. The van der Waals surface area contributed by atoms with Gasteiger partial charge in [0.25, 0.3) is 0 Å². The fourth-order valence-corrected chi connectivity index (χ4v) is 11.0. The number of ether oxygens (including phenoxy) is 4. The van der Waals surface area contributed by atoms with E-state index in [0.29, 0.717) is 32.1 Å². The number of aliphatic hydroxyl groups excluding tert-OH is 1. The van der Waals surface area contributed by atoms with Crippen LogP contribution >= 0.6 is 15.6 Å². The average Bonchev–Trinajstić information content (AvgIpc) is 0.926. The lowest BCUT2D eigenvalue weighted by molar-refractivity contribution is -0.161. The molecule has 0 saturated carbocycles. The lowest BCUT2D eigenvalue weighted by atomic mass is 10.1. The molecule has 0 aromatic carbocycles. The Morgan fingerprint density at radius 1 is 0.294 bits per heavy atom. The van der Waals surface area contributed by atoms with E-state index in [1.807, 2.05) is 18.2 Å². The van der Waals surface area contributed by atoms with Gasteiger partial charge in [-0.3, -0.25) is 37.3 Å². The van der Waals surface area contributed by atoms with Crippen LogP contribution in [0.25, 0.3) is 0 Å². The monoisotopic (exact) mass is 1460 g/mol. The van der Waals surface area contributed by atoms with E-state index in [4.69, 9.17) is 37.0 Å². The lowest BCUT2D eigenvalue weighted by Gasteiger charge is -2.21. The molecule has 0 rings (SSSR count). The molecule has 0 amide bonds. The van der Waals surface area contributed by atoms with Gasteiger partial charge in [-0.15, -0.1) is 0 Å². The summed E-state index contributed by atoms with van der Waals surface area (Å²) in [5.74, 6) is -2.42. The molecular weight excluding hydrogens is 1330 g/mol. The molecule has 0 saturated heterocycles. The van der Waals surface area contributed by atoms with E-state index < -0.39 is 97.5 Å². The molecular formula is C83H134O17P2. The number of phosphoric ester groups is 2. The molecule has 5 unspecified atom stereocenters. The van der Waals surface area contributed by atoms with Gasteiger partial charge in [-0.2, -0.15) is 0 Å². The number of esters is 4. The normalized spacial score (nSPS) is 14.9. The molecule has 19 heteroatoms. The number of carbonyl (C=O) groups excluding carboxylic acids is 4. The van der Waals surface area contributed by atoms with Crippen LogP contribution in [0.1, 0.15) is 272 Å². The molecule has 102 heavy (non-hydrogen) atoms. The van der Waals surface area contributed by atoms with Gasteiger partial charge >= 0.3 is 39.5 Å². The van der Waals surface area contributed by atoms with Gasteiger partial charge in [0.15, 0.2) is 12.2 Å². The minimum Gasteiger partial charge on any atom is -0.462 e. The van der Waals surface area contributed by atoms with E-state index in [-0.39, 0.29) is 25.7 Å². The number of allylic oxidation sites excluding steroid dienone is 27. The van der Waals surface area contributed by atoms with E-state index in [2.05, 4.69) is 174 Å². The van der Waals surface area contributed by atoms with Gasteiger partial charge in [-0.25, -0.2) is 9.13 Å². The van der Waals surface area contributed by atoms with Gasteiger partial charge < -0.3 is 33.8 Å². The van der Waals surface area contributed by atoms with Crippen LogP contribution in [0.3, 0.4) is 0 Å². The van der Waals surface area contributed by atoms with Gasteiger partial charge in [0.05, 0.1) is 32.8 Å². The summed E-state index contributed by atoms with van der Waals surface area (Å²) in [6.45, 7) is 4.30. The standard InChI is InChI=1S/C83H134O17P2/c1-5-9-13-17-21-25-29-33-37-38-42-44-48-52-56-60-64-68-81(86)94-74-79(100-83(88)70-66-62-58-54-50-46-41-36-32-28-24-20-16-12-8-4)76-98-102(91,92)96-72-77(84)71-95-101(89,90)97-75-78(99-82(87)69-65-61-57-53-49-45-40-35-31-27-23-19-15-11-7-3)73-93-80(85)67-63-59-55-51-47-43-39-34-30-26-22-18-14-10-6-2/h9-10,12-14,16,21-22,24-26,28,33-37,39-42,44,47,50-51,54,59,63,77-79,84H,5-8,11,15,17-20,23,27,29-32,38,43,45-46,48-49,52-53,55-58,60-62,64-76H2,1-4H3,(H,89,90)(H,91,92)/b13-9-,14-10-,16-12-,25-21-,26-22-,28-24-,37-33-,39-34-,40-35-,41-36-,44-42-,51-47-,54-50-,63-59-. The maximum Gasteiger partial charge on any atom is 0.472 e. The molecule has 0 aromatic rings. The largest absolute Gasteiger partial charge is 0.472 e. The number of hydrogen-bond donors (Lipinski definition) is 3. The van der Waals surface area contributed by atoms with Crippen LogP contribution in [0.4, 0.5) is 0 Å². The Hall–Kier alpha value is -5.58. The Kier molecular flexibility index (Phi) is 69.7. The number of carbonyl (C=O) groups is 4. The zero-order valence-corrected chi connectivity index (χ0v) is 64.8. The Labute approximate surface area is 616 Å². The average molecular weight is 1470 g/mol. The van der Waals surface area contributed by atoms with Crippen molar-refractivity contribution in [1.82, 2.24) is 0 Å². The predicted octanol–water partition coefficient (Wildman–Crippen LogP) is 22.2. The molecule has 3 N–H and O–H groups in total. The summed E-state index contributed by atoms with van der Waals surface area (Å²) in [4.78, 5) is 72.8. The van der Waals surface area contributed by atoms with E-state index in [0.717, 1.165) is 148 Å². The van der Waals surface area contributed by atoms with Crippen LogP contribution in [0, 0.1) is 0 Å². The minimum atomic E-state index is -5.01. The second-order valence-corrected chi connectivity index (χ2v) is 27.7. The first kappa shape index (κ1) is 96.4. The number of aliphatic hydroxyl groups is 1. The summed E-state index contributed by atoms with van der Waals surface area (Å²) in [7, 11) is -10.0. The van der Waals surface area contributed by atoms with Crippen molar-refractivity contribution in [3.05, 3.63) is 170 Å². The van der Waals surface area contributed by atoms with Crippen LogP contribution in [-0.4, -0.2) is 96.7 Å². The highest BCUT2D eigenvalue weighted by molar-refractivity contribution is 7.47. The Bertz CT molecular complexity index is 2600. The van der Waals surface area contributed by atoms with Crippen molar-refractivity contribution in [2.75, 3.05) is 39.6 Å². The third kappa shape index (κ3) is 72.8. The molecule has 0 heterocycles. The number of unbranched alkanes of at least 4 members (excludes halogenated alkanes) is 17. The molecule has 0 bridgehead atoms. The number of phosphoric acid groups is 2. The van der Waals surface area contributed by atoms with Crippen molar-refractivity contribution >= 4 is 39.5 Å². The highest BCUT2D eigenvalue weighted by Gasteiger charge is 2.30. The number of hydrogen-bond acceptors (Lipinski definition) is 15. The summed E-state index contributed by atoms with van der Waals surface area (Å²) in [5.41, 5.74) is 0. The second kappa shape index (κ2) is 73.7. The molecule has 0 aromatic heterocycles. The van der Waals surface area contributed by atoms with E-state index in [1.165, 1.54) is 38.5 Å². The highest BCUT2D eigenvalue weighted by Crippen LogP contribution is 2.45. The summed E-state index contributed by atoms with van der Waals surface area (Å²) in [5, 5.41) is 10.6. The maximum atomic E-state index is 13.1. The number of rotatable bonds is 70. The molecule has 0 spiro atoms. The first-order valence-electron chi connectivity index (χ1n) is 38.4. The molecule has 17 nitrogen and oxygen atoms in total. The quantitative estimate of drug-likeness (QED) is 0.0169. The summed E-state index contributed by atoms with van der Waals surface area (Å²) in [6.07, 6.45) is 86.6.